The zero-order valence-electron chi connectivity index (χ0n) is 9.22. The molecule has 0 atom stereocenters. The van der Waals surface area contributed by atoms with Gasteiger partial charge in [0.05, 0.1) is 5.52 Å². The molecule has 0 N–H and O–H groups in total. The van der Waals surface area contributed by atoms with E-state index in [-0.39, 0.29) is 0 Å². The molecule has 3 rings (SSSR count). The fourth-order valence-corrected chi connectivity index (χ4v) is 2.17. The molecule has 0 aliphatic heterocycles. The molecule has 0 fully saturated rings. The predicted octanol–water partition coefficient (Wildman–Crippen LogP) is 3.69. The van der Waals surface area contributed by atoms with E-state index in [0.717, 1.165) is 0 Å². The molecular weight excluding hydrogens is 194 g/mol. The number of allylic oxidation sites excluding steroid dienone is 5. The molecule has 0 saturated carbocycles. The minimum absolute atomic E-state index is 1.26. The second-order valence-electron chi connectivity index (χ2n) is 4.07. The molecule has 1 aromatic heterocycles. The van der Waals surface area contributed by atoms with E-state index in [1.807, 2.05) is 0 Å². The normalized spacial score (nSPS) is 13.9. The summed E-state index contributed by atoms with van der Waals surface area (Å²) in [6, 6.07) is 8.57. The smallest absolute Gasteiger partial charge is 0.0551 e. The van der Waals surface area contributed by atoms with Gasteiger partial charge in [0.2, 0.25) is 0 Å². The molecule has 1 nitrogen and oxygen atoms in total. The van der Waals surface area contributed by atoms with Gasteiger partial charge in [0.25, 0.3) is 0 Å². The van der Waals surface area contributed by atoms with Crippen LogP contribution in [-0.2, 0) is 7.05 Å². The third-order valence-electron chi connectivity index (χ3n) is 2.94. The first-order valence-corrected chi connectivity index (χ1v) is 5.45. The molecule has 1 heterocycles. The molecule has 1 aromatic carbocycles. The Hall–Kier alpha value is -2.02. The lowest BCUT2D eigenvalue weighted by molar-refractivity contribution is 0.968. The van der Waals surface area contributed by atoms with Gasteiger partial charge in [0, 0.05) is 18.6 Å². The summed E-state index contributed by atoms with van der Waals surface area (Å²) < 4.78 is 2.17. The van der Waals surface area contributed by atoms with Crippen molar-refractivity contribution in [1.29, 1.82) is 0 Å². The summed E-state index contributed by atoms with van der Waals surface area (Å²) in [5, 5.41) is 1.29. The van der Waals surface area contributed by atoms with Gasteiger partial charge < -0.3 is 4.57 Å². The summed E-state index contributed by atoms with van der Waals surface area (Å²) in [4.78, 5) is 0. The fraction of sp³-hybridized carbons (Fsp3) is 0.0667. The molecule has 78 valence electrons. The van der Waals surface area contributed by atoms with Crippen LogP contribution < -0.4 is 0 Å². The SMILES string of the molecule is Cn1ccc2cccc(C=C3C=CC=C3)c21. The Morgan fingerprint density at radius 1 is 1.06 bits per heavy atom. The molecule has 1 aliphatic rings. The molecular formula is C15H13N. The maximum atomic E-state index is 2.22. The van der Waals surface area contributed by atoms with Crippen LogP contribution in [0.25, 0.3) is 17.0 Å². The Kier molecular flexibility index (Phi) is 2.03. The Morgan fingerprint density at radius 3 is 2.69 bits per heavy atom. The van der Waals surface area contributed by atoms with Crippen LogP contribution >= 0.6 is 0 Å². The highest BCUT2D eigenvalue weighted by Gasteiger charge is 2.02. The lowest BCUT2D eigenvalue weighted by Crippen LogP contribution is -1.87. The van der Waals surface area contributed by atoms with Crippen LogP contribution in [0.15, 0.2) is 60.3 Å². The topological polar surface area (TPSA) is 4.93 Å². The number of hydrogen-bond acceptors (Lipinski definition) is 0. The highest BCUT2D eigenvalue weighted by atomic mass is 14.9. The second kappa shape index (κ2) is 3.53. The molecule has 0 spiro atoms. The number of aryl methyl sites for hydroxylation is 1. The Labute approximate surface area is 95.0 Å². The third kappa shape index (κ3) is 1.41. The predicted molar refractivity (Wildman–Crippen MR) is 69.2 cm³/mol. The Morgan fingerprint density at radius 2 is 1.88 bits per heavy atom. The Balaban J connectivity index is 2.23. The second-order valence-corrected chi connectivity index (χ2v) is 4.07. The number of para-hydroxylation sites is 1. The van der Waals surface area contributed by atoms with Crippen molar-refractivity contribution in [3.63, 3.8) is 0 Å². The molecule has 0 unspecified atom stereocenters. The number of hydrogen-bond donors (Lipinski definition) is 0. The zero-order chi connectivity index (χ0) is 11.0. The van der Waals surface area contributed by atoms with Gasteiger partial charge in [-0.2, -0.15) is 0 Å². The third-order valence-corrected chi connectivity index (χ3v) is 2.94. The lowest BCUT2D eigenvalue weighted by Gasteiger charge is -2.02. The van der Waals surface area contributed by atoms with Gasteiger partial charge in [0.15, 0.2) is 0 Å². The monoisotopic (exact) mass is 207 g/mol. The maximum absolute atomic E-state index is 2.22. The van der Waals surface area contributed by atoms with E-state index >= 15 is 0 Å². The van der Waals surface area contributed by atoms with E-state index in [9.17, 15) is 0 Å². The number of rotatable bonds is 1. The first-order valence-electron chi connectivity index (χ1n) is 5.45. The van der Waals surface area contributed by atoms with E-state index in [4.69, 9.17) is 0 Å². The summed E-state index contributed by atoms with van der Waals surface area (Å²) in [6.45, 7) is 0. The van der Waals surface area contributed by atoms with Crippen molar-refractivity contribution in [3.8, 4) is 0 Å². The van der Waals surface area contributed by atoms with Crippen molar-refractivity contribution in [2.45, 2.75) is 0 Å². The lowest BCUT2D eigenvalue weighted by atomic mass is 10.1. The van der Waals surface area contributed by atoms with Gasteiger partial charge in [-0.05, 0) is 23.3 Å². The quantitative estimate of drug-likeness (QED) is 0.672. The van der Waals surface area contributed by atoms with Crippen LogP contribution in [-0.4, -0.2) is 4.57 Å². The van der Waals surface area contributed by atoms with Crippen LogP contribution in [0.3, 0.4) is 0 Å². The van der Waals surface area contributed by atoms with E-state index in [1.54, 1.807) is 0 Å². The van der Waals surface area contributed by atoms with Crippen LogP contribution in [0.5, 0.6) is 0 Å². The molecule has 1 aliphatic carbocycles. The maximum Gasteiger partial charge on any atom is 0.0551 e. The van der Waals surface area contributed by atoms with Gasteiger partial charge in [0.1, 0.15) is 0 Å². The van der Waals surface area contributed by atoms with E-state index < -0.39 is 0 Å². The summed E-state index contributed by atoms with van der Waals surface area (Å²) >= 11 is 0. The molecule has 0 saturated heterocycles. The highest BCUT2D eigenvalue weighted by Crippen LogP contribution is 2.23. The molecule has 2 aromatic rings. The summed E-state index contributed by atoms with van der Waals surface area (Å²) in [6.07, 6.45) is 12.7. The van der Waals surface area contributed by atoms with Crippen molar-refractivity contribution in [3.05, 3.63) is 65.9 Å². The Bertz CT molecular complexity index is 610. The average Bonchev–Trinajstić information content (AvgIpc) is 2.90. The molecule has 0 bridgehead atoms. The van der Waals surface area contributed by atoms with Crippen LogP contribution in [0, 0.1) is 0 Å². The zero-order valence-corrected chi connectivity index (χ0v) is 9.22. The van der Waals surface area contributed by atoms with E-state index in [0.29, 0.717) is 0 Å². The van der Waals surface area contributed by atoms with Gasteiger partial charge in [-0.1, -0.05) is 42.5 Å². The van der Waals surface area contributed by atoms with Crippen molar-refractivity contribution in [2.24, 2.45) is 7.05 Å². The summed E-state index contributed by atoms with van der Waals surface area (Å²) in [5.41, 5.74) is 3.83. The minimum atomic E-state index is 1.26. The average molecular weight is 207 g/mol. The van der Waals surface area contributed by atoms with Gasteiger partial charge in [-0.25, -0.2) is 0 Å². The fourth-order valence-electron chi connectivity index (χ4n) is 2.17. The largest absolute Gasteiger partial charge is 0.350 e. The first kappa shape index (κ1) is 9.22. The summed E-state index contributed by atoms with van der Waals surface area (Å²) in [7, 11) is 2.09. The standard InChI is InChI=1S/C15H13N/c1-16-10-9-13-7-4-8-14(15(13)16)11-12-5-2-3-6-12/h2-11H,1H3. The van der Waals surface area contributed by atoms with Gasteiger partial charge in [-0.15, -0.1) is 0 Å². The number of nitrogens with zero attached hydrogens (tertiary/aromatic N) is 1. The molecule has 1 heteroatoms. The van der Waals surface area contributed by atoms with Crippen molar-refractivity contribution in [2.75, 3.05) is 0 Å². The van der Waals surface area contributed by atoms with Crippen LogP contribution in [0.2, 0.25) is 0 Å². The van der Waals surface area contributed by atoms with Gasteiger partial charge in [-0.3, -0.25) is 0 Å². The summed E-state index contributed by atoms with van der Waals surface area (Å²) in [5.74, 6) is 0. The number of aromatic nitrogens is 1. The van der Waals surface area contributed by atoms with E-state index in [1.165, 1.54) is 22.0 Å². The van der Waals surface area contributed by atoms with Gasteiger partial charge >= 0.3 is 0 Å². The first-order chi connectivity index (χ1) is 7.84. The van der Waals surface area contributed by atoms with Crippen molar-refractivity contribution < 1.29 is 0 Å². The number of fused-ring (bicyclic) bond motifs is 1. The van der Waals surface area contributed by atoms with Crippen molar-refractivity contribution in [1.82, 2.24) is 4.57 Å². The minimum Gasteiger partial charge on any atom is -0.350 e. The molecule has 0 amide bonds. The van der Waals surface area contributed by atoms with Crippen molar-refractivity contribution >= 4 is 17.0 Å². The van der Waals surface area contributed by atoms with E-state index in [2.05, 4.69) is 72.5 Å². The van der Waals surface area contributed by atoms with Crippen LogP contribution in [0.1, 0.15) is 5.56 Å². The molecule has 16 heavy (non-hydrogen) atoms. The van der Waals surface area contributed by atoms with Crippen LogP contribution in [0.4, 0.5) is 0 Å². The molecule has 0 radical (unpaired) electrons. The highest BCUT2D eigenvalue weighted by molar-refractivity contribution is 5.89. The number of benzene rings is 1.